The molecule has 0 bridgehead atoms. The number of benzene rings is 1. The maximum Gasteiger partial charge on any atom is 0.265 e. The van der Waals surface area contributed by atoms with E-state index in [0.29, 0.717) is 16.4 Å². The molecule has 5 nitrogen and oxygen atoms in total. The number of hydrogen-bond donors (Lipinski definition) is 1. The molecule has 0 unspecified atom stereocenters. The van der Waals surface area contributed by atoms with Crippen LogP contribution in [0.25, 0.3) is 0 Å². The summed E-state index contributed by atoms with van der Waals surface area (Å²) in [6.45, 7) is 11.6. The molecule has 1 N–H and O–H groups in total. The van der Waals surface area contributed by atoms with Crippen LogP contribution in [0.1, 0.15) is 51.9 Å². The Morgan fingerprint density at radius 1 is 1.25 bits per heavy atom. The lowest BCUT2D eigenvalue weighted by Crippen LogP contribution is -2.20. The zero-order valence-corrected chi connectivity index (χ0v) is 16.5. The van der Waals surface area contributed by atoms with Gasteiger partial charge in [0.1, 0.15) is 4.90 Å². The molecule has 0 atom stereocenters. The first-order valence-corrected chi connectivity index (χ1v) is 9.66. The van der Waals surface area contributed by atoms with Crippen molar-refractivity contribution in [3.63, 3.8) is 0 Å². The minimum Gasteiger partial charge on any atom is -0.279 e. The molecule has 0 fully saturated rings. The SMILES string of the molecule is Cc1ccc(Cl)cc1NS(=O)(=O)c1cn(C(C)C)nc1C(C)(C)C. The number of sulfonamides is 1. The number of hydrogen-bond acceptors (Lipinski definition) is 3. The number of nitrogens with one attached hydrogen (secondary N) is 1. The van der Waals surface area contributed by atoms with Crippen molar-refractivity contribution in [3.8, 4) is 0 Å². The van der Waals surface area contributed by atoms with E-state index in [-0.39, 0.29) is 10.9 Å². The van der Waals surface area contributed by atoms with Gasteiger partial charge in [-0.25, -0.2) is 8.42 Å². The molecular weight excluding hydrogens is 346 g/mol. The van der Waals surface area contributed by atoms with Gasteiger partial charge in [0.25, 0.3) is 10.0 Å². The Morgan fingerprint density at radius 3 is 2.42 bits per heavy atom. The van der Waals surface area contributed by atoms with E-state index in [0.717, 1.165) is 5.56 Å². The van der Waals surface area contributed by atoms with Crippen molar-refractivity contribution in [2.75, 3.05) is 4.72 Å². The van der Waals surface area contributed by atoms with E-state index in [1.54, 1.807) is 29.1 Å². The van der Waals surface area contributed by atoms with Gasteiger partial charge in [-0.05, 0) is 38.5 Å². The van der Waals surface area contributed by atoms with Crippen LogP contribution in [0.3, 0.4) is 0 Å². The summed E-state index contributed by atoms with van der Waals surface area (Å²) >= 11 is 5.99. The summed E-state index contributed by atoms with van der Waals surface area (Å²) in [6, 6.07) is 5.19. The quantitative estimate of drug-likeness (QED) is 0.861. The van der Waals surface area contributed by atoms with Crippen LogP contribution < -0.4 is 4.72 Å². The molecule has 0 saturated heterocycles. The fraction of sp³-hybridized carbons (Fsp3) is 0.471. The van der Waals surface area contributed by atoms with Crippen molar-refractivity contribution < 1.29 is 8.42 Å². The molecule has 1 heterocycles. The van der Waals surface area contributed by atoms with Gasteiger partial charge in [0, 0.05) is 22.7 Å². The summed E-state index contributed by atoms with van der Waals surface area (Å²) in [5.41, 5.74) is 1.42. The second kappa shape index (κ2) is 6.41. The van der Waals surface area contributed by atoms with Crippen molar-refractivity contribution in [3.05, 3.63) is 40.7 Å². The number of aryl methyl sites for hydroxylation is 1. The molecule has 0 aliphatic carbocycles. The molecule has 0 aliphatic rings. The van der Waals surface area contributed by atoms with Crippen LogP contribution in [0, 0.1) is 6.92 Å². The van der Waals surface area contributed by atoms with Gasteiger partial charge in [-0.1, -0.05) is 38.4 Å². The smallest absolute Gasteiger partial charge is 0.265 e. The van der Waals surface area contributed by atoms with Crippen LogP contribution in [0.2, 0.25) is 5.02 Å². The minimum atomic E-state index is -3.77. The van der Waals surface area contributed by atoms with Crippen molar-refractivity contribution in [2.24, 2.45) is 0 Å². The molecule has 0 aliphatic heterocycles. The van der Waals surface area contributed by atoms with Gasteiger partial charge in [0.15, 0.2) is 0 Å². The zero-order valence-electron chi connectivity index (χ0n) is 14.9. The maximum atomic E-state index is 13.0. The van der Waals surface area contributed by atoms with Crippen LogP contribution in [0.5, 0.6) is 0 Å². The molecule has 1 aromatic heterocycles. The number of nitrogens with zero attached hydrogens (tertiary/aromatic N) is 2. The fourth-order valence-electron chi connectivity index (χ4n) is 2.26. The Morgan fingerprint density at radius 2 is 1.88 bits per heavy atom. The molecule has 132 valence electrons. The molecule has 7 heteroatoms. The lowest BCUT2D eigenvalue weighted by molar-refractivity contribution is 0.493. The fourth-order valence-corrected chi connectivity index (χ4v) is 3.90. The largest absolute Gasteiger partial charge is 0.279 e. The summed E-state index contributed by atoms with van der Waals surface area (Å²) in [5, 5.41) is 4.98. The summed E-state index contributed by atoms with van der Waals surface area (Å²) in [5.74, 6) is 0. The molecular formula is C17H24ClN3O2S. The van der Waals surface area contributed by atoms with Crippen molar-refractivity contribution >= 4 is 27.3 Å². The first-order chi connectivity index (χ1) is 10.9. The normalized spacial score (nSPS) is 12.7. The van der Waals surface area contributed by atoms with Gasteiger partial charge in [0.05, 0.1) is 11.4 Å². The van der Waals surface area contributed by atoms with E-state index >= 15 is 0 Å². The first kappa shape index (κ1) is 18.8. The molecule has 0 radical (unpaired) electrons. The summed E-state index contributed by atoms with van der Waals surface area (Å²) in [4.78, 5) is 0.197. The Balaban J connectivity index is 2.55. The van der Waals surface area contributed by atoms with Gasteiger partial charge < -0.3 is 0 Å². The Labute approximate surface area is 149 Å². The molecule has 2 rings (SSSR count). The highest BCUT2D eigenvalue weighted by Gasteiger charge is 2.30. The predicted octanol–water partition coefficient (Wildman–Crippen LogP) is 4.52. The zero-order chi connectivity index (χ0) is 18.3. The number of rotatable bonds is 4. The van der Waals surface area contributed by atoms with E-state index in [9.17, 15) is 8.42 Å². The molecule has 2 aromatic rings. The Bertz CT molecular complexity index is 849. The van der Waals surface area contributed by atoms with E-state index in [2.05, 4.69) is 9.82 Å². The van der Waals surface area contributed by atoms with Gasteiger partial charge in [-0.15, -0.1) is 0 Å². The average Bonchev–Trinajstić information content (AvgIpc) is 2.89. The van der Waals surface area contributed by atoms with Crippen molar-refractivity contribution in [1.29, 1.82) is 0 Å². The molecule has 0 amide bonds. The number of anilines is 1. The van der Waals surface area contributed by atoms with Gasteiger partial charge in [-0.2, -0.15) is 5.10 Å². The first-order valence-electron chi connectivity index (χ1n) is 7.80. The third-order valence-electron chi connectivity index (χ3n) is 3.67. The van der Waals surface area contributed by atoms with Crippen molar-refractivity contribution in [1.82, 2.24) is 9.78 Å². The van der Waals surface area contributed by atoms with Gasteiger partial charge in [-0.3, -0.25) is 9.40 Å². The van der Waals surface area contributed by atoms with Crippen LogP contribution in [0.4, 0.5) is 5.69 Å². The highest BCUT2D eigenvalue weighted by Crippen LogP contribution is 2.31. The minimum absolute atomic E-state index is 0.0722. The Kier molecular flexibility index (Phi) is 5.02. The second-order valence-corrected chi connectivity index (χ2v) is 9.32. The summed E-state index contributed by atoms with van der Waals surface area (Å²) in [6.07, 6.45) is 1.59. The standard InChI is InChI=1S/C17H24ClN3O2S/c1-11(2)21-10-15(16(19-21)17(4,5)6)24(22,23)20-14-9-13(18)8-7-12(14)3/h7-11,20H,1-6H3. The lowest BCUT2D eigenvalue weighted by Gasteiger charge is -2.18. The van der Waals surface area contributed by atoms with E-state index in [4.69, 9.17) is 11.6 Å². The second-order valence-electron chi connectivity index (χ2n) is 7.23. The predicted molar refractivity (Wildman–Crippen MR) is 98.3 cm³/mol. The summed E-state index contributed by atoms with van der Waals surface area (Å²) < 4.78 is 30.2. The highest BCUT2D eigenvalue weighted by molar-refractivity contribution is 7.92. The molecule has 24 heavy (non-hydrogen) atoms. The molecule has 0 spiro atoms. The third-order valence-corrected chi connectivity index (χ3v) is 5.27. The summed E-state index contributed by atoms with van der Waals surface area (Å²) in [7, 11) is -3.77. The monoisotopic (exact) mass is 369 g/mol. The van der Waals surface area contributed by atoms with E-state index in [1.165, 1.54) is 0 Å². The maximum absolute atomic E-state index is 13.0. The van der Waals surface area contributed by atoms with Gasteiger partial charge in [0.2, 0.25) is 0 Å². The van der Waals surface area contributed by atoms with Crippen molar-refractivity contribution in [2.45, 2.75) is 57.9 Å². The van der Waals surface area contributed by atoms with Crippen LogP contribution in [0.15, 0.2) is 29.3 Å². The highest BCUT2D eigenvalue weighted by atomic mass is 35.5. The van der Waals surface area contributed by atoms with E-state index < -0.39 is 15.4 Å². The Hall–Kier alpha value is -1.53. The van der Waals surface area contributed by atoms with Crippen LogP contribution in [-0.2, 0) is 15.4 Å². The number of halogens is 1. The lowest BCUT2D eigenvalue weighted by atomic mass is 9.92. The van der Waals surface area contributed by atoms with Crippen LogP contribution in [-0.4, -0.2) is 18.2 Å². The van der Waals surface area contributed by atoms with Crippen LogP contribution >= 0.6 is 11.6 Å². The average molecular weight is 370 g/mol. The van der Waals surface area contributed by atoms with E-state index in [1.807, 2.05) is 41.5 Å². The van der Waals surface area contributed by atoms with Gasteiger partial charge >= 0.3 is 0 Å². The molecule has 0 saturated carbocycles. The topological polar surface area (TPSA) is 64.0 Å². The third kappa shape index (κ3) is 3.92. The number of aromatic nitrogens is 2. The molecule has 1 aromatic carbocycles.